The molecule has 7 nitrogen and oxygen atoms in total. The van der Waals surface area contributed by atoms with Crippen molar-refractivity contribution in [3.8, 4) is 11.4 Å². The average Bonchev–Trinajstić information content (AvgIpc) is 3.16. The molecule has 0 aliphatic rings. The van der Waals surface area contributed by atoms with Gasteiger partial charge in [-0.2, -0.15) is 0 Å². The number of amides is 1. The fourth-order valence-corrected chi connectivity index (χ4v) is 3.10. The zero-order valence-electron chi connectivity index (χ0n) is 17.1. The smallest absolute Gasteiger partial charge is 0.251 e. The van der Waals surface area contributed by atoms with E-state index in [0.717, 1.165) is 22.5 Å². The number of carbonyl (C=O) groups is 1. The summed E-state index contributed by atoms with van der Waals surface area (Å²) in [5.74, 6) is 0.592. The number of carbonyl (C=O) groups excluding carboxylic acids is 1. The Kier molecular flexibility index (Phi) is 7.21. The lowest BCUT2D eigenvalue weighted by atomic mass is 10.2. The van der Waals surface area contributed by atoms with E-state index in [4.69, 9.17) is 14.2 Å². The maximum atomic E-state index is 12.5. The molecule has 0 aliphatic carbocycles. The second-order valence-electron chi connectivity index (χ2n) is 6.27. The van der Waals surface area contributed by atoms with Gasteiger partial charge in [-0.3, -0.25) is 9.36 Å². The zero-order chi connectivity index (χ0) is 20.6. The molecule has 29 heavy (non-hydrogen) atoms. The number of nitrogens with one attached hydrogen (secondary N) is 1. The minimum atomic E-state index is -0.452. The lowest BCUT2D eigenvalue weighted by Crippen LogP contribution is -2.35. The molecule has 0 radical (unpaired) electrons. The molecular formula is C22H27N3O4. The molecule has 0 spiro atoms. The summed E-state index contributed by atoms with van der Waals surface area (Å²) in [5.41, 5.74) is 3.07. The lowest BCUT2D eigenvalue weighted by molar-refractivity contribution is -0.131. The Morgan fingerprint density at radius 1 is 1.07 bits per heavy atom. The third-order valence-electron chi connectivity index (χ3n) is 4.37. The molecule has 0 atom stereocenters. The summed E-state index contributed by atoms with van der Waals surface area (Å²) in [6, 6.07) is 13.3. The highest BCUT2D eigenvalue weighted by Crippen LogP contribution is 2.26. The maximum absolute atomic E-state index is 12.5. The molecule has 7 heteroatoms. The average molecular weight is 397 g/mol. The van der Waals surface area contributed by atoms with Gasteiger partial charge in [-0.25, -0.2) is 4.98 Å². The number of ether oxygens (including phenoxy) is 3. The highest BCUT2D eigenvalue weighted by molar-refractivity contribution is 5.97. The minimum Gasteiger partial charge on any atom is -0.492 e. The minimum absolute atomic E-state index is 0.194. The van der Waals surface area contributed by atoms with Crippen molar-refractivity contribution in [1.29, 1.82) is 0 Å². The maximum Gasteiger partial charge on any atom is 0.251 e. The predicted molar refractivity (Wildman–Crippen MR) is 112 cm³/mol. The molecular weight excluding hydrogens is 370 g/mol. The van der Waals surface area contributed by atoms with Crippen LogP contribution in [0.4, 0.5) is 0 Å². The highest BCUT2D eigenvalue weighted by atomic mass is 16.7. The SMILES string of the molecule is CCOc1ccccc1-n1cnc2cc(C(=O)NCC(OCC)OCC)ccc21. The molecule has 2 aromatic carbocycles. The van der Waals surface area contributed by atoms with Gasteiger partial charge in [0.2, 0.25) is 0 Å². The standard InChI is InChI=1S/C22H27N3O4/c1-4-27-20-10-8-7-9-19(20)25-15-24-17-13-16(11-12-18(17)25)22(26)23-14-21(28-5-2)29-6-3/h7-13,15,21H,4-6,14H2,1-3H3,(H,23,26). The Balaban J connectivity index is 1.79. The molecule has 1 N–H and O–H groups in total. The van der Waals surface area contributed by atoms with Crippen molar-refractivity contribution in [2.45, 2.75) is 27.1 Å². The summed E-state index contributed by atoms with van der Waals surface area (Å²) in [6.07, 6.45) is 1.29. The summed E-state index contributed by atoms with van der Waals surface area (Å²) >= 11 is 0. The number of hydrogen-bond acceptors (Lipinski definition) is 5. The first-order chi connectivity index (χ1) is 14.2. The summed E-state index contributed by atoms with van der Waals surface area (Å²) in [6.45, 7) is 7.65. The molecule has 0 bridgehead atoms. The van der Waals surface area contributed by atoms with Gasteiger partial charge in [-0.15, -0.1) is 0 Å². The van der Waals surface area contributed by atoms with E-state index in [9.17, 15) is 4.79 Å². The summed E-state index contributed by atoms with van der Waals surface area (Å²) in [4.78, 5) is 17.0. The van der Waals surface area contributed by atoms with Crippen molar-refractivity contribution in [1.82, 2.24) is 14.9 Å². The number of para-hydroxylation sites is 2. The number of rotatable bonds is 10. The summed E-state index contributed by atoms with van der Waals surface area (Å²) < 4.78 is 18.6. The molecule has 0 aliphatic heterocycles. The van der Waals surface area contributed by atoms with E-state index in [2.05, 4.69) is 10.3 Å². The fraction of sp³-hybridized carbons (Fsp3) is 0.364. The molecule has 3 rings (SSSR count). The van der Waals surface area contributed by atoms with E-state index < -0.39 is 6.29 Å². The first-order valence-electron chi connectivity index (χ1n) is 9.88. The van der Waals surface area contributed by atoms with Crippen LogP contribution >= 0.6 is 0 Å². The van der Waals surface area contributed by atoms with Crippen LogP contribution in [0.1, 0.15) is 31.1 Å². The third-order valence-corrected chi connectivity index (χ3v) is 4.37. The van der Waals surface area contributed by atoms with Crippen LogP contribution in [0, 0.1) is 0 Å². The van der Waals surface area contributed by atoms with Crippen LogP contribution in [-0.2, 0) is 9.47 Å². The molecule has 1 aromatic heterocycles. The Bertz CT molecular complexity index is 948. The zero-order valence-corrected chi connectivity index (χ0v) is 17.1. The topological polar surface area (TPSA) is 74.6 Å². The Hall–Kier alpha value is -2.90. The van der Waals surface area contributed by atoms with Gasteiger partial charge in [0.15, 0.2) is 6.29 Å². The number of hydrogen-bond donors (Lipinski definition) is 1. The van der Waals surface area contributed by atoms with Crippen LogP contribution < -0.4 is 10.1 Å². The van der Waals surface area contributed by atoms with E-state index in [1.165, 1.54) is 0 Å². The number of imidazole rings is 1. The van der Waals surface area contributed by atoms with E-state index in [0.29, 0.717) is 25.4 Å². The molecule has 154 valence electrons. The van der Waals surface area contributed by atoms with E-state index >= 15 is 0 Å². The molecule has 1 amide bonds. The summed E-state index contributed by atoms with van der Waals surface area (Å²) in [7, 11) is 0. The second-order valence-corrected chi connectivity index (χ2v) is 6.27. The molecule has 1 heterocycles. The lowest BCUT2D eigenvalue weighted by Gasteiger charge is -2.17. The summed E-state index contributed by atoms with van der Waals surface area (Å²) in [5, 5.41) is 2.85. The first kappa shape index (κ1) is 20.8. The molecule has 0 saturated carbocycles. The van der Waals surface area contributed by atoms with Crippen molar-refractivity contribution in [3.05, 3.63) is 54.4 Å². The van der Waals surface area contributed by atoms with Crippen LogP contribution in [-0.4, -0.2) is 48.1 Å². The van der Waals surface area contributed by atoms with Crippen LogP contribution in [0.5, 0.6) is 5.75 Å². The Morgan fingerprint density at radius 3 is 2.55 bits per heavy atom. The van der Waals surface area contributed by atoms with Crippen molar-refractivity contribution in [3.63, 3.8) is 0 Å². The van der Waals surface area contributed by atoms with Crippen LogP contribution in [0.25, 0.3) is 16.7 Å². The largest absolute Gasteiger partial charge is 0.492 e. The van der Waals surface area contributed by atoms with Gasteiger partial charge < -0.3 is 19.5 Å². The second kappa shape index (κ2) is 10.0. The van der Waals surface area contributed by atoms with E-state index in [-0.39, 0.29) is 12.5 Å². The number of nitrogens with zero attached hydrogens (tertiary/aromatic N) is 2. The van der Waals surface area contributed by atoms with Gasteiger partial charge in [0.1, 0.15) is 12.1 Å². The van der Waals surface area contributed by atoms with Gasteiger partial charge >= 0.3 is 0 Å². The van der Waals surface area contributed by atoms with Gasteiger partial charge in [0.25, 0.3) is 5.91 Å². The molecule has 3 aromatic rings. The number of benzene rings is 2. The van der Waals surface area contributed by atoms with Gasteiger partial charge in [-0.05, 0) is 51.1 Å². The number of aromatic nitrogens is 2. The van der Waals surface area contributed by atoms with Gasteiger partial charge in [0, 0.05) is 18.8 Å². The third kappa shape index (κ3) is 4.93. The highest BCUT2D eigenvalue weighted by Gasteiger charge is 2.14. The van der Waals surface area contributed by atoms with Crippen LogP contribution in [0.15, 0.2) is 48.8 Å². The Morgan fingerprint density at radius 2 is 1.83 bits per heavy atom. The van der Waals surface area contributed by atoms with Crippen LogP contribution in [0.2, 0.25) is 0 Å². The number of fused-ring (bicyclic) bond motifs is 1. The van der Waals surface area contributed by atoms with E-state index in [1.807, 2.05) is 55.7 Å². The molecule has 0 unspecified atom stereocenters. The van der Waals surface area contributed by atoms with Crippen LogP contribution in [0.3, 0.4) is 0 Å². The van der Waals surface area contributed by atoms with Crippen molar-refractivity contribution in [2.24, 2.45) is 0 Å². The van der Waals surface area contributed by atoms with E-state index in [1.54, 1.807) is 18.5 Å². The predicted octanol–water partition coefficient (Wildman–Crippen LogP) is 3.55. The molecule has 0 saturated heterocycles. The molecule has 0 fully saturated rings. The normalized spacial score (nSPS) is 11.2. The van der Waals surface area contributed by atoms with Crippen molar-refractivity contribution < 1.29 is 19.0 Å². The first-order valence-corrected chi connectivity index (χ1v) is 9.88. The Labute approximate surface area is 170 Å². The van der Waals surface area contributed by atoms with Gasteiger partial charge in [-0.1, -0.05) is 12.1 Å². The van der Waals surface area contributed by atoms with Crippen molar-refractivity contribution >= 4 is 16.9 Å². The monoisotopic (exact) mass is 397 g/mol. The van der Waals surface area contributed by atoms with Gasteiger partial charge in [0.05, 0.1) is 29.9 Å². The van der Waals surface area contributed by atoms with Crippen molar-refractivity contribution in [2.75, 3.05) is 26.4 Å². The fourth-order valence-electron chi connectivity index (χ4n) is 3.10. The quantitative estimate of drug-likeness (QED) is 0.530.